The number of benzene rings is 3. The van der Waals surface area contributed by atoms with E-state index in [4.69, 9.17) is 9.84 Å². The van der Waals surface area contributed by atoms with E-state index in [0.29, 0.717) is 13.0 Å². The van der Waals surface area contributed by atoms with Crippen molar-refractivity contribution in [2.45, 2.75) is 25.9 Å². The van der Waals surface area contributed by atoms with E-state index in [0.717, 1.165) is 55.3 Å². The van der Waals surface area contributed by atoms with Gasteiger partial charge < -0.3 is 4.74 Å². The van der Waals surface area contributed by atoms with Crippen LogP contribution in [0.4, 0.5) is 0 Å². The summed E-state index contributed by atoms with van der Waals surface area (Å²) in [5.41, 5.74) is 5.59. The van der Waals surface area contributed by atoms with Gasteiger partial charge in [0.25, 0.3) is 5.91 Å². The van der Waals surface area contributed by atoms with Crippen LogP contribution in [0, 0.1) is 6.92 Å². The molecule has 6 heteroatoms. The fraction of sp³-hybridized carbons (Fsp3) is 0.333. The van der Waals surface area contributed by atoms with Crippen LogP contribution in [0.2, 0.25) is 0 Å². The van der Waals surface area contributed by atoms with Gasteiger partial charge in [0.2, 0.25) is 0 Å². The number of amides is 1. The summed E-state index contributed by atoms with van der Waals surface area (Å²) in [6.07, 6.45) is 0.688. The van der Waals surface area contributed by atoms with E-state index in [1.54, 1.807) is 12.1 Å². The van der Waals surface area contributed by atoms with Crippen LogP contribution in [0.25, 0.3) is 0 Å². The predicted molar refractivity (Wildman–Crippen MR) is 143 cm³/mol. The molecule has 5 rings (SSSR count). The second-order valence-electron chi connectivity index (χ2n) is 9.69. The molecule has 0 aliphatic carbocycles. The molecule has 2 aliphatic rings. The quantitative estimate of drug-likeness (QED) is 0.498. The lowest BCUT2D eigenvalue weighted by Crippen LogP contribution is -2.49. The first-order valence-corrected chi connectivity index (χ1v) is 12.7. The molecule has 1 atom stereocenters. The molecule has 1 amide bonds. The summed E-state index contributed by atoms with van der Waals surface area (Å²) in [7, 11) is 1.67. The first kappa shape index (κ1) is 24.2. The van der Waals surface area contributed by atoms with E-state index in [9.17, 15) is 4.79 Å². The normalized spacial score (nSPS) is 18.8. The average Bonchev–Trinajstić information content (AvgIpc) is 3.36. The Kier molecular flexibility index (Phi) is 7.44. The third kappa shape index (κ3) is 5.66. The zero-order chi connectivity index (χ0) is 24.9. The van der Waals surface area contributed by atoms with Gasteiger partial charge in [0.15, 0.2) is 0 Å². The van der Waals surface area contributed by atoms with Crippen molar-refractivity contribution in [3.05, 3.63) is 101 Å². The Hall–Kier alpha value is -3.48. The van der Waals surface area contributed by atoms with Gasteiger partial charge in [-0.25, -0.2) is 5.01 Å². The van der Waals surface area contributed by atoms with Crippen molar-refractivity contribution in [1.29, 1.82) is 0 Å². The predicted octanol–water partition coefficient (Wildman–Crippen LogP) is 4.50. The van der Waals surface area contributed by atoms with Gasteiger partial charge in [0.05, 0.1) is 25.4 Å². The second-order valence-corrected chi connectivity index (χ2v) is 9.69. The number of hydrogen-bond donors (Lipinski definition) is 0. The molecule has 36 heavy (non-hydrogen) atoms. The highest BCUT2D eigenvalue weighted by atomic mass is 16.5. The molecule has 0 saturated carbocycles. The lowest BCUT2D eigenvalue weighted by atomic mass is 9.97. The molecule has 0 N–H and O–H groups in total. The molecule has 2 heterocycles. The number of carbonyl (C=O) groups excluding carboxylic acids is 1. The minimum absolute atomic E-state index is 0.0435. The van der Waals surface area contributed by atoms with Gasteiger partial charge in [-0.2, -0.15) is 5.10 Å². The summed E-state index contributed by atoms with van der Waals surface area (Å²) in [6, 6.07) is 26.8. The Morgan fingerprint density at radius 2 is 1.67 bits per heavy atom. The topological polar surface area (TPSA) is 48.4 Å². The molecular formula is C30H34N4O2. The molecule has 0 unspecified atom stereocenters. The molecule has 0 radical (unpaired) electrons. The summed E-state index contributed by atoms with van der Waals surface area (Å²) in [5.74, 6) is 0.834. The molecule has 0 spiro atoms. The Labute approximate surface area is 213 Å². The van der Waals surface area contributed by atoms with Crippen LogP contribution < -0.4 is 4.74 Å². The molecule has 3 aromatic carbocycles. The van der Waals surface area contributed by atoms with Crippen molar-refractivity contribution in [3.8, 4) is 5.75 Å². The Bertz CT molecular complexity index is 1220. The first-order chi connectivity index (χ1) is 17.6. The molecule has 1 fully saturated rings. The van der Waals surface area contributed by atoms with Crippen LogP contribution >= 0.6 is 0 Å². The van der Waals surface area contributed by atoms with E-state index in [1.807, 2.05) is 24.3 Å². The highest BCUT2D eigenvalue weighted by molar-refractivity contribution is 6.03. The lowest BCUT2D eigenvalue weighted by Gasteiger charge is -2.35. The largest absolute Gasteiger partial charge is 0.497 e. The number of aryl methyl sites for hydroxylation is 1. The Balaban J connectivity index is 1.29. The van der Waals surface area contributed by atoms with Gasteiger partial charge in [-0.1, -0.05) is 72.3 Å². The van der Waals surface area contributed by atoms with E-state index in [2.05, 4.69) is 71.3 Å². The van der Waals surface area contributed by atoms with Gasteiger partial charge in [-0.3, -0.25) is 14.6 Å². The van der Waals surface area contributed by atoms with E-state index < -0.39 is 0 Å². The molecule has 2 aliphatic heterocycles. The maximum atomic E-state index is 13.6. The molecule has 3 aromatic rings. The van der Waals surface area contributed by atoms with Gasteiger partial charge in [-0.15, -0.1) is 0 Å². The number of rotatable bonds is 7. The minimum Gasteiger partial charge on any atom is -0.497 e. The van der Waals surface area contributed by atoms with Gasteiger partial charge in [-0.05, 0) is 35.7 Å². The average molecular weight is 483 g/mol. The van der Waals surface area contributed by atoms with Crippen LogP contribution in [0.1, 0.15) is 34.7 Å². The first-order valence-electron chi connectivity index (χ1n) is 12.7. The molecule has 6 nitrogen and oxygen atoms in total. The van der Waals surface area contributed by atoms with E-state index >= 15 is 0 Å². The van der Waals surface area contributed by atoms with E-state index in [1.165, 1.54) is 11.1 Å². The fourth-order valence-electron chi connectivity index (χ4n) is 5.06. The number of piperazine rings is 1. The maximum Gasteiger partial charge on any atom is 0.257 e. The van der Waals surface area contributed by atoms with Gasteiger partial charge in [0.1, 0.15) is 5.75 Å². The highest BCUT2D eigenvalue weighted by Gasteiger charge is 2.34. The summed E-state index contributed by atoms with van der Waals surface area (Å²) < 4.78 is 5.46. The van der Waals surface area contributed by atoms with Crippen molar-refractivity contribution >= 4 is 11.6 Å². The second kappa shape index (κ2) is 11.1. The van der Waals surface area contributed by atoms with Gasteiger partial charge >= 0.3 is 0 Å². The molecule has 1 saturated heterocycles. The monoisotopic (exact) mass is 482 g/mol. The van der Waals surface area contributed by atoms with E-state index in [-0.39, 0.29) is 11.9 Å². The minimum atomic E-state index is -0.137. The molecule has 0 bridgehead atoms. The van der Waals surface area contributed by atoms with Crippen molar-refractivity contribution in [3.63, 3.8) is 0 Å². The van der Waals surface area contributed by atoms with Crippen LogP contribution in [0.15, 0.2) is 84.0 Å². The number of nitrogens with zero attached hydrogens (tertiary/aromatic N) is 4. The maximum absolute atomic E-state index is 13.6. The third-order valence-electron chi connectivity index (χ3n) is 7.07. The molecule has 0 aromatic heterocycles. The van der Waals surface area contributed by atoms with Crippen LogP contribution in [-0.2, 0) is 11.3 Å². The van der Waals surface area contributed by atoms with Crippen molar-refractivity contribution in [1.82, 2.24) is 14.8 Å². The van der Waals surface area contributed by atoms with Crippen molar-refractivity contribution < 1.29 is 9.53 Å². The summed E-state index contributed by atoms with van der Waals surface area (Å²) in [6.45, 7) is 7.09. The van der Waals surface area contributed by atoms with Crippen molar-refractivity contribution in [2.75, 3.05) is 39.8 Å². The summed E-state index contributed by atoms with van der Waals surface area (Å²) >= 11 is 0. The fourth-order valence-corrected chi connectivity index (χ4v) is 5.06. The number of hydrazone groups is 1. The molecular weight excluding hydrogens is 448 g/mol. The SMILES string of the molecule is COc1cccc([C@H]2CC(c3cccc(C)c3)=NN2C(=O)CN2CCN(Cc3ccccc3)CC2)c1. The van der Waals surface area contributed by atoms with Crippen LogP contribution in [0.3, 0.4) is 0 Å². The summed E-state index contributed by atoms with van der Waals surface area (Å²) in [4.78, 5) is 18.3. The Morgan fingerprint density at radius 3 is 2.42 bits per heavy atom. The van der Waals surface area contributed by atoms with Crippen LogP contribution in [0.5, 0.6) is 5.75 Å². The number of methoxy groups -OCH3 is 1. The zero-order valence-corrected chi connectivity index (χ0v) is 21.1. The van der Waals surface area contributed by atoms with Crippen LogP contribution in [-0.4, -0.2) is 66.3 Å². The summed E-state index contributed by atoms with van der Waals surface area (Å²) in [5, 5.41) is 6.58. The number of ether oxygens (including phenoxy) is 1. The highest BCUT2D eigenvalue weighted by Crippen LogP contribution is 2.34. The zero-order valence-electron chi connectivity index (χ0n) is 21.1. The molecule has 186 valence electrons. The smallest absolute Gasteiger partial charge is 0.257 e. The number of carbonyl (C=O) groups is 1. The Morgan fingerprint density at radius 1 is 0.917 bits per heavy atom. The van der Waals surface area contributed by atoms with Crippen molar-refractivity contribution in [2.24, 2.45) is 5.10 Å². The number of hydrogen-bond acceptors (Lipinski definition) is 5. The lowest BCUT2D eigenvalue weighted by molar-refractivity contribution is -0.134. The standard InChI is InChI=1S/C30H34N4O2/c1-23-8-6-11-25(18-23)28-20-29(26-12-7-13-27(19-26)36-2)34(31-28)30(35)22-33-16-14-32(15-17-33)21-24-9-4-3-5-10-24/h3-13,18-19,29H,14-17,20-22H2,1-2H3/t29-/m1/s1. The van der Waals surface area contributed by atoms with Gasteiger partial charge in [0, 0.05) is 39.1 Å². The third-order valence-corrected chi connectivity index (χ3v) is 7.07.